The van der Waals surface area contributed by atoms with Crippen LogP contribution in [-0.2, 0) is 6.54 Å². The Morgan fingerprint density at radius 2 is 2.27 bits per heavy atom. The molecule has 0 aliphatic heterocycles. The molecule has 0 saturated heterocycles. The zero-order valence-corrected chi connectivity index (χ0v) is 9.04. The third-order valence-electron chi connectivity index (χ3n) is 2.33. The zero-order chi connectivity index (χ0) is 10.7. The van der Waals surface area contributed by atoms with Gasteiger partial charge in [-0.2, -0.15) is 0 Å². The van der Waals surface area contributed by atoms with E-state index in [4.69, 9.17) is 9.15 Å². The Balaban J connectivity index is 2.37. The minimum absolute atomic E-state index is 0.758. The lowest BCUT2D eigenvalue weighted by Gasteiger charge is -1.99. The maximum absolute atomic E-state index is 5.70. The molecule has 0 amide bonds. The van der Waals surface area contributed by atoms with Gasteiger partial charge in [-0.1, -0.05) is 19.1 Å². The predicted molar refractivity (Wildman–Crippen MR) is 60.1 cm³/mol. The summed E-state index contributed by atoms with van der Waals surface area (Å²) in [5, 5.41) is 4.31. The Labute approximate surface area is 89.0 Å². The van der Waals surface area contributed by atoms with Gasteiger partial charge in [0.2, 0.25) is 0 Å². The predicted octanol–water partition coefficient (Wildman–Crippen LogP) is 2.55. The van der Waals surface area contributed by atoms with Crippen LogP contribution in [0.5, 0.6) is 5.75 Å². The number of rotatable bonds is 4. The molecular weight excluding hydrogens is 190 g/mol. The van der Waals surface area contributed by atoms with Crippen LogP contribution in [0.25, 0.3) is 11.0 Å². The summed E-state index contributed by atoms with van der Waals surface area (Å²) in [4.78, 5) is 0. The minimum Gasteiger partial charge on any atom is -0.493 e. The SMILES string of the molecule is CCNCc1cc2cccc(OC)c2o1. The monoisotopic (exact) mass is 205 g/mol. The van der Waals surface area contributed by atoms with Crippen molar-refractivity contribution in [1.29, 1.82) is 0 Å². The van der Waals surface area contributed by atoms with Gasteiger partial charge in [0.05, 0.1) is 13.7 Å². The van der Waals surface area contributed by atoms with E-state index in [1.54, 1.807) is 7.11 Å². The van der Waals surface area contributed by atoms with Crippen LogP contribution >= 0.6 is 0 Å². The van der Waals surface area contributed by atoms with Crippen LogP contribution in [0.3, 0.4) is 0 Å². The van der Waals surface area contributed by atoms with E-state index in [1.807, 2.05) is 24.3 Å². The van der Waals surface area contributed by atoms with Gasteiger partial charge >= 0.3 is 0 Å². The fourth-order valence-corrected chi connectivity index (χ4v) is 1.59. The van der Waals surface area contributed by atoms with Gasteiger partial charge in [0, 0.05) is 5.39 Å². The highest BCUT2D eigenvalue weighted by Gasteiger charge is 2.07. The summed E-state index contributed by atoms with van der Waals surface area (Å²) >= 11 is 0. The van der Waals surface area contributed by atoms with Gasteiger partial charge in [0.15, 0.2) is 11.3 Å². The van der Waals surface area contributed by atoms with Crippen molar-refractivity contribution in [2.75, 3.05) is 13.7 Å². The largest absolute Gasteiger partial charge is 0.493 e. The Kier molecular flexibility index (Phi) is 2.92. The highest BCUT2D eigenvalue weighted by atomic mass is 16.5. The van der Waals surface area contributed by atoms with E-state index >= 15 is 0 Å². The molecule has 1 aromatic heterocycles. The summed E-state index contributed by atoms with van der Waals surface area (Å²) in [6.45, 7) is 3.77. The maximum atomic E-state index is 5.70. The first-order chi connectivity index (χ1) is 7.35. The molecule has 0 aliphatic carbocycles. The van der Waals surface area contributed by atoms with E-state index in [9.17, 15) is 0 Å². The molecule has 15 heavy (non-hydrogen) atoms. The number of para-hydroxylation sites is 1. The molecule has 3 nitrogen and oxygen atoms in total. The van der Waals surface area contributed by atoms with Crippen molar-refractivity contribution in [1.82, 2.24) is 5.32 Å². The summed E-state index contributed by atoms with van der Waals surface area (Å²) in [6.07, 6.45) is 0. The van der Waals surface area contributed by atoms with Gasteiger partial charge in [-0.15, -0.1) is 0 Å². The first kappa shape index (κ1) is 10.1. The molecule has 1 heterocycles. The van der Waals surface area contributed by atoms with Crippen LogP contribution in [0.4, 0.5) is 0 Å². The molecular formula is C12H15NO2. The first-order valence-corrected chi connectivity index (χ1v) is 5.11. The van der Waals surface area contributed by atoms with Gasteiger partial charge in [-0.05, 0) is 18.7 Å². The summed E-state index contributed by atoms with van der Waals surface area (Å²) in [7, 11) is 1.65. The fraction of sp³-hybridized carbons (Fsp3) is 0.333. The average Bonchev–Trinajstić information content (AvgIpc) is 2.68. The van der Waals surface area contributed by atoms with E-state index in [0.29, 0.717) is 0 Å². The number of fused-ring (bicyclic) bond motifs is 1. The molecule has 2 rings (SSSR count). The average molecular weight is 205 g/mol. The molecule has 0 unspecified atom stereocenters. The second-order valence-electron chi connectivity index (χ2n) is 3.37. The highest BCUT2D eigenvalue weighted by molar-refractivity contribution is 5.83. The van der Waals surface area contributed by atoms with Crippen LogP contribution < -0.4 is 10.1 Å². The van der Waals surface area contributed by atoms with Crippen LogP contribution in [0.2, 0.25) is 0 Å². The van der Waals surface area contributed by atoms with Gasteiger partial charge < -0.3 is 14.5 Å². The van der Waals surface area contributed by atoms with Crippen molar-refractivity contribution in [3.8, 4) is 5.75 Å². The summed E-state index contributed by atoms with van der Waals surface area (Å²) in [5.41, 5.74) is 0.827. The molecule has 1 aromatic carbocycles. The number of hydrogen-bond acceptors (Lipinski definition) is 3. The number of benzene rings is 1. The van der Waals surface area contributed by atoms with Crippen LogP contribution in [-0.4, -0.2) is 13.7 Å². The molecule has 1 N–H and O–H groups in total. The molecule has 0 atom stereocenters. The summed E-state index contributed by atoms with van der Waals surface area (Å²) in [6, 6.07) is 7.94. The normalized spacial score (nSPS) is 10.8. The summed E-state index contributed by atoms with van der Waals surface area (Å²) in [5.74, 6) is 1.73. The number of nitrogens with one attached hydrogen (secondary N) is 1. The molecule has 0 spiro atoms. The van der Waals surface area contributed by atoms with E-state index in [2.05, 4.69) is 12.2 Å². The van der Waals surface area contributed by atoms with Gasteiger partial charge in [-0.25, -0.2) is 0 Å². The lowest BCUT2D eigenvalue weighted by molar-refractivity contribution is 0.406. The fourth-order valence-electron chi connectivity index (χ4n) is 1.59. The van der Waals surface area contributed by atoms with Crippen molar-refractivity contribution in [2.45, 2.75) is 13.5 Å². The van der Waals surface area contributed by atoms with E-state index in [-0.39, 0.29) is 0 Å². The van der Waals surface area contributed by atoms with Crippen LogP contribution in [0.15, 0.2) is 28.7 Å². The number of furan rings is 1. The van der Waals surface area contributed by atoms with Crippen molar-refractivity contribution in [3.05, 3.63) is 30.0 Å². The van der Waals surface area contributed by atoms with Crippen molar-refractivity contribution >= 4 is 11.0 Å². The third kappa shape index (κ3) is 1.97. The van der Waals surface area contributed by atoms with Gasteiger partial charge in [0.1, 0.15) is 5.76 Å². The third-order valence-corrected chi connectivity index (χ3v) is 2.33. The molecule has 80 valence electrons. The number of hydrogen-bond donors (Lipinski definition) is 1. The van der Waals surface area contributed by atoms with E-state index < -0.39 is 0 Å². The molecule has 0 radical (unpaired) electrons. The standard InChI is InChI=1S/C12H15NO2/c1-3-13-8-10-7-9-5-4-6-11(14-2)12(9)15-10/h4-7,13H,3,8H2,1-2H3. The van der Waals surface area contributed by atoms with Gasteiger partial charge in [-0.3, -0.25) is 0 Å². The Morgan fingerprint density at radius 3 is 3.00 bits per heavy atom. The Hall–Kier alpha value is -1.48. The number of methoxy groups -OCH3 is 1. The molecule has 0 aliphatic rings. The second-order valence-corrected chi connectivity index (χ2v) is 3.37. The van der Waals surface area contributed by atoms with Crippen molar-refractivity contribution in [3.63, 3.8) is 0 Å². The minimum atomic E-state index is 0.758. The molecule has 3 heteroatoms. The van der Waals surface area contributed by atoms with E-state index in [0.717, 1.165) is 35.6 Å². The number of ether oxygens (including phenoxy) is 1. The molecule has 0 fully saturated rings. The van der Waals surface area contributed by atoms with Crippen LogP contribution in [0.1, 0.15) is 12.7 Å². The topological polar surface area (TPSA) is 34.4 Å². The van der Waals surface area contributed by atoms with E-state index in [1.165, 1.54) is 0 Å². The zero-order valence-electron chi connectivity index (χ0n) is 9.04. The van der Waals surface area contributed by atoms with Crippen molar-refractivity contribution < 1.29 is 9.15 Å². The Bertz CT molecular complexity index is 448. The smallest absolute Gasteiger partial charge is 0.176 e. The lowest BCUT2D eigenvalue weighted by Crippen LogP contribution is -2.10. The quantitative estimate of drug-likeness (QED) is 0.833. The first-order valence-electron chi connectivity index (χ1n) is 5.11. The Morgan fingerprint density at radius 1 is 1.40 bits per heavy atom. The summed E-state index contributed by atoms with van der Waals surface area (Å²) < 4.78 is 10.9. The molecule has 2 aromatic rings. The second kappa shape index (κ2) is 4.36. The molecule has 0 saturated carbocycles. The maximum Gasteiger partial charge on any atom is 0.176 e. The highest BCUT2D eigenvalue weighted by Crippen LogP contribution is 2.28. The van der Waals surface area contributed by atoms with Gasteiger partial charge in [0.25, 0.3) is 0 Å². The van der Waals surface area contributed by atoms with Crippen LogP contribution in [0, 0.1) is 0 Å². The lowest BCUT2D eigenvalue weighted by atomic mass is 10.2. The van der Waals surface area contributed by atoms with Crippen molar-refractivity contribution in [2.24, 2.45) is 0 Å². The molecule has 0 bridgehead atoms.